The predicted molar refractivity (Wildman–Crippen MR) is 123 cm³/mol. The third kappa shape index (κ3) is 3.49. The van der Waals surface area contributed by atoms with Crippen LogP contribution in [0, 0.1) is 0 Å². The molecule has 12 nitrogen and oxygen atoms in total. The van der Waals surface area contributed by atoms with Crippen LogP contribution in [0.5, 0.6) is 11.5 Å². The molecule has 1 aromatic carbocycles. The van der Waals surface area contributed by atoms with Gasteiger partial charge < -0.3 is 20.9 Å². The van der Waals surface area contributed by atoms with Crippen molar-refractivity contribution in [3.8, 4) is 11.5 Å². The summed E-state index contributed by atoms with van der Waals surface area (Å²) < 4.78 is 14.7. The lowest BCUT2D eigenvalue weighted by Crippen LogP contribution is -2.44. The van der Waals surface area contributed by atoms with Crippen molar-refractivity contribution in [1.82, 2.24) is 18.3 Å². The fourth-order valence-corrected chi connectivity index (χ4v) is 3.82. The molecular formula is C21H26N6O6. The lowest BCUT2D eigenvalue weighted by atomic mass is 9.86. The molecule has 0 radical (unpaired) electrons. The number of hydrogen-bond donors (Lipinski definition) is 2. The van der Waals surface area contributed by atoms with Gasteiger partial charge in [0.15, 0.2) is 11.5 Å². The first-order valence-corrected chi connectivity index (χ1v) is 9.80. The van der Waals surface area contributed by atoms with Gasteiger partial charge in [0, 0.05) is 28.2 Å². The Balaban J connectivity index is 2.58. The van der Waals surface area contributed by atoms with Crippen LogP contribution in [0.3, 0.4) is 0 Å². The van der Waals surface area contributed by atoms with Crippen LogP contribution in [-0.4, -0.2) is 32.5 Å². The number of anilines is 2. The maximum absolute atomic E-state index is 13.3. The third-order valence-corrected chi connectivity index (χ3v) is 5.81. The van der Waals surface area contributed by atoms with Gasteiger partial charge in [-0.15, -0.1) is 0 Å². The van der Waals surface area contributed by atoms with E-state index in [1.54, 1.807) is 18.2 Å². The molecule has 3 aromatic rings. The molecule has 33 heavy (non-hydrogen) atoms. The number of nitrogens with zero attached hydrogens (tertiary/aromatic N) is 4. The van der Waals surface area contributed by atoms with Crippen molar-refractivity contribution < 1.29 is 9.47 Å². The van der Waals surface area contributed by atoms with Gasteiger partial charge in [0.2, 0.25) is 0 Å². The van der Waals surface area contributed by atoms with Crippen LogP contribution in [0.25, 0.3) is 0 Å². The van der Waals surface area contributed by atoms with E-state index in [4.69, 9.17) is 20.9 Å². The minimum Gasteiger partial charge on any atom is -0.493 e. The topological polar surface area (TPSA) is 158 Å². The molecule has 0 aliphatic rings. The Kier molecular flexibility index (Phi) is 5.95. The highest BCUT2D eigenvalue weighted by atomic mass is 16.5. The molecule has 12 heteroatoms. The first-order chi connectivity index (χ1) is 15.5. The highest BCUT2D eigenvalue weighted by Crippen LogP contribution is 2.37. The van der Waals surface area contributed by atoms with Gasteiger partial charge in [-0.05, 0) is 17.7 Å². The van der Waals surface area contributed by atoms with E-state index in [1.807, 2.05) is 0 Å². The quantitative estimate of drug-likeness (QED) is 0.485. The lowest BCUT2D eigenvalue weighted by molar-refractivity contribution is 0.354. The molecule has 0 aliphatic heterocycles. The number of benzene rings is 1. The zero-order valence-corrected chi connectivity index (χ0v) is 19.2. The number of rotatable bonds is 5. The molecule has 0 saturated heterocycles. The Morgan fingerprint density at radius 1 is 0.697 bits per heavy atom. The number of hydrogen-bond acceptors (Lipinski definition) is 8. The second kappa shape index (κ2) is 8.37. The van der Waals surface area contributed by atoms with Gasteiger partial charge in [-0.1, -0.05) is 6.07 Å². The van der Waals surface area contributed by atoms with Gasteiger partial charge in [-0.25, -0.2) is 9.59 Å². The highest BCUT2D eigenvalue weighted by Gasteiger charge is 2.32. The van der Waals surface area contributed by atoms with Crippen molar-refractivity contribution in [3.05, 3.63) is 76.6 Å². The summed E-state index contributed by atoms with van der Waals surface area (Å²) in [5.74, 6) is -0.653. The molecule has 4 N–H and O–H groups in total. The maximum Gasteiger partial charge on any atom is 0.332 e. The van der Waals surface area contributed by atoms with Crippen LogP contribution < -0.4 is 43.4 Å². The molecule has 2 heterocycles. The third-order valence-electron chi connectivity index (χ3n) is 5.81. The molecule has 0 saturated carbocycles. The minimum absolute atomic E-state index is 0.0470. The Morgan fingerprint density at radius 2 is 1.12 bits per heavy atom. The Labute approximate surface area is 187 Å². The normalized spacial score (nSPS) is 11.1. The zero-order chi connectivity index (χ0) is 24.8. The molecule has 176 valence electrons. The Morgan fingerprint density at radius 3 is 1.52 bits per heavy atom. The fraction of sp³-hybridized carbons (Fsp3) is 0.333. The van der Waals surface area contributed by atoms with Crippen molar-refractivity contribution in [3.63, 3.8) is 0 Å². The van der Waals surface area contributed by atoms with Gasteiger partial charge >= 0.3 is 11.4 Å². The minimum atomic E-state index is -1.12. The largest absolute Gasteiger partial charge is 0.493 e. The molecular weight excluding hydrogens is 432 g/mol. The number of aromatic nitrogens is 4. The number of nitrogens with two attached hydrogens (primary N) is 2. The number of ether oxygens (including phenoxy) is 2. The summed E-state index contributed by atoms with van der Waals surface area (Å²) in [6.45, 7) is 0. The van der Waals surface area contributed by atoms with Gasteiger partial charge in [-0.2, -0.15) is 0 Å². The number of methoxy groups -OCH3 is 2. The molecule has 0 fully saturated rings. The van der Waals surface area contributed by atoms with Crippen molar-refractivity contribution in [1.29, 1.82) is 0 Å². The zero-order valence-electron chi connectivity index (χ0n) is 19.2. The second-order valence-electron chi connectivity index (χ2n) is 7.56. The summed E-state index contributed by atoms with van der Waals surface area (Å²) in [5, 5.41) is 0. The van der Waals surface area contributed by atoms with Crippen molar-refractivity contribution in [2.24, 2.45) is 28.2 Å². The van der Waals surface area contributed by atoms with Crippen molar-refractivity contribution in [2.75, 3.05) is 25.7 Å². The van der Waals surface area contributed by atoms with E-state index in [0.29, 0.717) is 17.1 Å². The summed E-state index contributed by atoms with van der Waals surface area (Å²) in [5.41, 5.74) is 10.1. The maximum atomic E-state index is 13.3. The molecule has 0 atom stereocenters. The van der Waals surface area contributed by atoms with E-state index in [1.165, 1.54) is 42.4 Å². The fourth-order valence-electron chi connectivity index (χ4n) is 3.82. The highest BCUT2D eigenvalue weighted by molar-refractivity contribution is 5.58. The van der Waals surface area contributed by atoms with Gasteiger partial charge in [0.05, 0.1) is 31.3 Å². The van der Waals surface area contributed by atoms with E-state index < -0.39 is 28.4 Å². The molecule has 2 aromatic heterocycles. The Hall–Kier alpha value is -4.22. The van der Waals surface area contributed by atoms with Crippen LogP contribution >= 0.6 is 0 Å². The smallest absolute Gasteiger partial charge is 0.332 e. The predicted octanol–water partition coefficient (Wildman–Crippen LogP) is -1.16. The molecule has 0 spiro atoms. The number of nitrogen functional groups attached to an aromatic ring is 2. The van der Waals surface area contributed by atoms with Crippen LogP contribution in [0.2, 0.25) is 0 Å². The van der Waals surface area contributed by atoms with Crippen molar-refractivity contribution >= 4 is 11.6 Å². The van der Waals surface area contributed by atoms with Crippen LogP contribution in [0.15, 0.2) is 37.4 Å². The van der Waals surface area contributed by atoms with E-state index in [9.17, 15) is 19.2 Å². The van der Waals surface area contributed by atoms with Crippen LogP contribution in [0.1, 0.15) is 22.6 Å². The van der Waals surface area contributed by atoms with Gasteiger partial charge in [0.25, 0.3) is 11.1 Å². The van der Waals surface area contributed by atoms with Crippen molar-refractivity contribution in [2.45, 2.75) is 5.92 Å². The molecule has 0 amide bonds. The summed E-state index contributed by atoms with van der Waals surface area (Å²) in [6, 6.07) is 4.81. The summed E-state index contributed by atoms with van der Waals surface area (Å²) >= 11 is 0. The SMILES string of the molecule is COc1ccc(C(c2c(N)n(C)c(=O)n(C)c2=O)c2c(N)n(C)c(=O)n(C)c2=O)cc1OC. The molecule has 0 aliphatic carbocycles. The monoisotopic (exact) mass is 458 g/mol. The average Bonchev–Trinajstić information content (AvgIpc) is 2.82. The molecule has 0 unspecified atom stereocenters. The van der Waals surface area contributed by atoms with E-state index in [-0.39, 0.29) is 22.8 Å². The standard InChI is InChI=1S/C21H26N6O6/c1-24-16(22)14(18(28)26(3)20(24)30)13(10-7-8-11(32-5)12(9-10)33-6)15-17(23)25(2)21(31)27(4)19(15)29/h7-9,13H,22-23H2,1-6H3. The van der Waals surface area contributed by atoms with Crippen LogP contribution in [-0.2, 0) is 28.2 Å². The van der Waals surface area contributed by atoms with Gasteiger partial charge in [0.1, 0.15) is 11.6 Å². The first-order valence-electron chi connectivity index (χ1n) is 9.80. The average molecular weight is 458 g/mol. The lowest BCUT2D eigenvalue weighted by Gasteiger charge is -2.24. The van der Waals surface area contributed by atoms with Gasteiger partial charge in [-0.3, -0.25) is 27.9 Å². The summed E-state index contributed by atoms with van der Waals surface area (Å²) in [4.78, 5) is 51.4. The Bertz CT molecular complexity index is 1410. The van der Waals surface area contributed by atoms with Crippen LogP contribution in [0.4, 0.5) is 11.6 Å². The molecule has 3 rings (SSSR count). The van der Waals surface area contributed by atoms with E-state index in [2.05, 4.69) is 0 Å². The molecule has 0 bridgehead atoms. The summed E-state index contributed by atoms with van der Waals surface area (Å²) in [7, 11) is 8.35. The summed E-state index contributed by atoms with van der Waals surface area (Å²) in [6.07, 6.45) is 0. The first kappa shape index (κ1) is 23.4. The van der Waals surface area contributed by atoms with E-state index in [0.717, 1.165) is 18.3 Å². The van der Waals surface area contributed by atoms with E-state index >= 15 is 0 Å². The second-order valence-corrected chi connectivity index (χ2v) is 7.56.